The molecular weight excluding hydrogens is 617 g/mol. The van der Waals surface area contributed by atoms with Crippen LogP contribution in [0.3, 0.4) is 0 Å². The van der Waals surface area contributed by atoms with Gasteiger partial charge in [-0.05, 0) is 110 Å². The summed E-state index contributed by atoms with van der Waals surface area (Å²) < 4.78 is 0. The number of allylic oxidation sites excluding steroid dienone is 4. The van der Waals surface area contributed by atoms with Crippen molar-refractivity contribution < 1.29 is 0 Å². The Kier molecular flexibility index (Phi) is 10.7. The van der Waals surface area contributed by atoms with Crippen molar-refractivity contribution in [3.8, 4) is 0 Å². The molecular formula is C42H64N6Si. The van der Waals surface area contributed by atoms with Crippen LogP contribution in [0, 0.1) is 20.8 Å². The zero-order valence-corrected chi connectivity index (χ0v) is 35.2. The summed E-state index contributed by atoms with van der Waals surface area (Å²) in [5, 5.41) is 4.50. The van der Waals surface area contributed by atoms with E-state index < -0.39 is 8.07 Å². The molecule has 0 saturated heterocycles. The highest BCUT2D eigenvalue weighted by atomic mass is 28.3. The molecule has 0 aliphatic heterocycles. The Morgan fingerprint density at radius 1 is 0.367 bits per heavy atom. The van der Waals surface area contributed by atoms with Gasteiger partial charge in [-0.15, -0.1) is 0 Å². The van der Waals surface area contributed by atoms with Crippen molar-refractivity contribution in [3.05, 3.63) is 75.4 Å². The number of aryl methyl sites for hydroxylation is 3. The second kappa shape index (κ2) is 13.8. The van der Waals surface area contributed by atoms with E-state index >= 15 is 0 Å². The lowest BCUT2D eigenvalue weighted by atomic mass is 10.1. The molecule has 3 aromatic carbocycles. The summed E-state index contributed by atoms with van der Waals surface area (Å²) in [6.45, 7) is 16.7. The molecule has 0 unspecified atom stereocenters. The van der Waals surface area contributed by atoms with E-state index in [1.807, 2.05) is 0 Å². The van der Waals surface area contributed by atoms with Crippen molar-refractivity contribution in [1.29, 1.82) is 0 Å². The van der Waals surface area contributed by atoms with Crippen LogP contribution in [-0.4, -0.2) is 92.6 Å². The smallest absolute Gasteiger partial charge is 0.168 e. The fraction of sp³-hybridized carbons (Fsp3) is 0.476. The van der Waals surface area contributed by atoms with Crippen LogP contribution in [0.1, 0.15) is 44.4 Å². The summed E-state index contributed by atoms with van der Waals surface area (Å²) in [7, 11) is 23.4. The Balaban J connectivity index is 2.65. The van der Waals surface area contributed by atoms with Crippen molar-refractivity contribution in [2.45, 2.75) is 54.0 Å². The van der Waals surface area contributed by atoms with E-state index in [2.05, 4.69) is 199 Å². The van der Waals surface area contributed by atoms with Crippen LogP contribution in [0.25, 0.3) is 0 Å². The van der Waals surface area contributed by atoms with Crippen LogP contribution in [0.15, 0.2) is 58.7 Å². The predicted molar refractivity (Wildman–Crippen MR) is 225 cm³/mol. The Bertz CT molecular complexity index is 1620. The van der Waals surface area contributed by atoms with E-state index in [1.54, 1.807) is 0 Å². The topological polar surface area (TPSA) is 19.4 Å². The second-order valence-corrected chi connectivity index (χ2v) is 19.3. The highest BCUT2D eigenvalue weighted by Gasteiger charge is 2.56. The molecule has 0 atom stereocenters. The minimum Gasteiger partial charge on any atom is -0.376 e. The molecule has 0 amide bonds. The van der Waals surface area contributed by atoms with Crippen LogP contribution in [0.2, 0.25) is 5.54 Å². The first-order valence-corrected chi connectivity index (χ1v) is 19.6. The Hall–Kier alpha value is -3.84. The van der Waals surface area contributed by atoms with Crippen LogP contribution >= 0.6 is 0 Å². The molecule has 7 heteroatoms. The molecule has 6 nitrogen and oxygen atoms in total. The molecule has 49 heavy (non-hydrogen) atoms. The van der Waals surface area contributed by atoms with Crippen molar-refractivity contribution in [2.24, 2.45) is 0 Å². The molecule has 266 valence electrons. The minimum atomic E-state index is -3.21. The first kappa shape index (κ1) is 38.0. The van der Waals surface area contributed by atoms with Crippen LogP contribution in [0.5, 0.6) is 0 Å². The molecule has 1 aliphatic carbocycles. The van der Waals surface area contributed by atoms with Gasteiger partial charge in [0.05, 0.1) is 34.1 Å². The SMILES string of the molecule is CC1=C(C)C([Si](c2c(C)ccc(N(C)C)c2N(C)C)(c2c(C)ccc(N(C)C)c2N(C)C)c2c(C)ccc(N(C)C)c2N(C)C)C(C)=C1C. The molecule has 0 radical (unpaired) electrons. The lowest BCUT2D eigenvalue weighted by Crippen LogP contribution is -2.73. The first-order valence-electron chi connectivity index (χ1n) is 17.6. The Labute approximate surface area is 300 Å². The molecule has 3 aromatic rings. The van der Waals surface area contributed by atoms with Gasteiger partial charge in [-0.1, -0.05) is 29.3 Å². The average molecular weight is 681 g/mol. The number of rotatable bonds is 10. The van der Waals surface area contributed by atoms with Gasteiger partial charge in [0, 0.05) is 90.1 Å². The lowest BCUT2D eigenvalue weighted by Gasteiger charge is -2.48. The molecule has 0 spiro atoms. The molecule has 0 fully saturated rings. The summed E-state index contributed by atoms with van der Waals surface area (Å²) >= 11 is 0. The van der Waals surface area contributed by atoms with Gasteiger partial charge in [0.15, 0.2) is 8.07 Å². The molecule has 0 heterocycles. The van der Waals surface area contributed by atoms with Gasteiger partial charge in [0.2, 0.25) is 0 Å². The molecule has 0 N–H and O–H groups in total. The normalized spacial score (nSPS) is 13.8. The van der Waals surface area contributed by atoms with Crippen LogP contribution < -0.4 is 45.0 Å². The quantitative estimate of drug-likeness (QED) is 0.178. The van der Waals surface area contributed by atoms with Gasteiger partial charge >= 0.3 is 0 Å². The van der Waals surface area contributed by atoms with Crippen LogP contribution in [-0.2, 0) is 0 Å². The van der Waals surface area contributed by atoms with E-state index in [9.17, 15) is 0 Å². The van der Waals surface area contributed by atoms with Crippen molar-refractivity contribution >= 4 is 57.8 Å². The summed E-state index contributed by atoms with van der Waals surface area (Å²) in [6, 6.07) is 14.2. The molecule has 1 aliphatic rings. The van der Waals surface area contributed by atoms with Gasteiger partial charge in [0.25, 0.3) is 0 Å². The second-order valence-electron chi connectivity index (χ2n) is 15.6. The maximum atomic E-state index is 2.43. The largest absolute Gasteiger partial charge is 0.376 e. The molecule has 4 rings (SSSR count). The maximum Gasteiger partial charge on any atom is 0.168 e. The third kappa shape index (κ3) is 5.92. The fourth-order valence-corrected chi connectivity index (χ4v) is 16.4. The van der Waals surface area contributed by atoms with E-state index in [1.165, 1.54) is 88.7 Å². The van der Waals surface area contributed by atoms with E-state index in [4.69, 9.17) is 0 Å². The Morgan fingerprint density at radius 3 is 0.816 bits per heavy atom. The van der Waals surface area contributed by atoms with E-state index in [0.29, 0.717) is 0 Å². The zero-order chi connectivity index (χ0) is 37.0. The molecule has 0 saturated carbocycles. The van der Waals surface area contributed by atoms with Gasteiger partial charge in [-0.3, -0.25) is 0 Å². The van der Waals surface area contributed by atoms with E-state index in [-0.39, 0.29) is 5.54 Å². The van der Waals surface area contributed by atoms with Crippen molar-refractivity contribution in [3.63, 3.8) is 0 Å². The third-order valence-electron chi connectivity index (χ3n) is 11.1. The summed E-state index contributed by atoms with van der Waals surface area (Å²) in [4.78, 5) is 14.1. The summed E-state index contributed by atoms with van der Waals surface area (Å²) in [5.41, 5.74) is 17.8. The van der Waals surface area contributed by atoms with E-state index in [0.717, 1.165) is 0 Å². The lowest BCUT2D eigenvalue weighted by molar-refractivity contribution is 1.05. The number of hydrogen-bond acceptors (Lipinski definition) is 6. The van der Waals surface area contributed by atoms with Gasteiger partial charge in [-0.25, -0.2) is 0 Å². The number of benzene rings is 3. The van der Waals surface area contributed by atoms with Crippen molar-refractivity contribution in [1.82, 2.24) is 0 Å². The summed E-state index contributed by atoms with van der Waals surface area (Å²) in [5.74, 6) is 0. The predicted octanol–water partition coefficient (Wildman–Crippen LogP) is 6.53. The highest BCUT2D eigenvalue weighted by molar-refractivity contribution is 7.16. The van der Waals surface area contributed by atoms with Gasteiger partial charge < -0.3 is 29.4 Å². The fourth-order valence-electron chi connectivity index (χ4n) is 8.78. The van der Waals surface area contributed by atoms with Crippen LogP contribution in [0.4, 0.5) is 34.1 Å². The molecule has 0 aromatic heterocycles. The highest BCUT2D eigenvalue weighted by Crippen LogP contribution is 2.51. The first-order chi connectivity index (χ1) is 22.7. The average Bonchev–Trinajstić information content (AvgIpc) is 3.20. The third-order valence-corrected chi connectivity index (χ3v) is 17.1. The summed E-state index contributed by atoms with van der Waals surface area (Å²) in [6.07, 6.45) is 0. The standard InChI is InChI=1S/C42H64N6Si/c1-26-20-23-33(43(8)9)36(46(14)15)39(26)49(42-31(6)29(4)30(5)32(42)7,40-27(2)21-24-34(44(10)11)37(40)47(16)17)41-28(3)22-25-35(45(12)13)38(41)48(18)19/h20-25,42H,1-19H3. The van der Waals surface area contributed by atoms with Gasteiger partial charge in [-0.2, -0.15) is 0 Å². The maximum absolute atomic E-state index is 3.21. The number of anilines is 6. The Morgan fingerprint density at radius 2 is 0.612 bits per heavy atom. The monoisotopic (exact) mass is 680 g/mol. The number of hydrogen-bond donors (Lipinski definition) is 0. The minimum absolute atomic E-state index is 0.201. The van der Waals surface area contributed by atoms with Gasteiger partial charge in [0.1, 0.15) is 0 Å². The molecule has 0 bridgehead atoms. The zero-order valence-electron chi connectivity index (χ0n) is 34.2. The van der Waals surface area contributed by atoms with Crippen molar-refractivity contribution in [2.75, 3.05) is 114 Å². The number of nitrogens with zero attached hydrogens (tertiary/aromatic N) is 6.